The molecular formula is C16H28N2O. The van der Waals surface area contributed by atoms with Crippen LogP contribution in [0, 0.1) is 17.8 Å². The molecule has 1 N–H and O–H groups in total. The summed E-state index contributed by atoms with van der Waals surface area (Å²) in [6.07, 6.45) is 8.48. The highest BCUT2D eigenvalue weighted by Crippen LogP contribution is 2.39. The first-order valence-electron chi connectivity index (χ1n) is 8.26. The van der Waals surface area contributed by atoms with Crippen molar-refractivity contribution < 1.29 is 4.79 Å². The quantitative estimate of drug-likeness (QED) is 0.830. The molecule has 0 spiro atoms. The molecule has 3 rings (SSSR count). The van der Waals surface area contributed by atoms with Crippen molar-refractivity contribution in [2.45, 2.75) is 57.9 Å². The number of rotatable bonds is 2. The van der Waals surface area contributed by atoms with E-state index in [1.807, 2.05) is 0 Å². The second-order valence-corrected chi connectivity index (χ2v) is 6.93. The van der Waals surface area contributed by atoms with Gasteiger partial charge in [-0.15, -0.1) is 0 Å². The Morgan fingerprint density at radius 1 is 1.21 bits per heavy atom. The molecule has 0 radical (unpaired) electrons. The van der Waals surface area contributed by atoms with Crippen LogP contribution < -0.4 is 5.32 Å². The van der Waals surface area contributed by atoms with Crippen LogP contribution in [0.25, 0.3) is 0 Å². The first kappa shape index (κ1) is 13.4. The Balaban J connectivity index is 1.63. The van der Waals surface area contributed by atoms with Gasteiger partial charge in [-0.25, -0.2) is 0 Å². The van der Waals surface area contributed by atoms with Crippen molar-refractivity contribution >= 4 is 5.91 Å². The molecule has 2 aliphatic heterocycles. The maximum absolute atomic E-state index is 12.6. The molecule has 19 heavy (non-hydrogen) atoms. The van der Waals surface area contributed by atoms with Crippen LogP contribution in [0.2, 0.25) is 0 Å². The molecule has 4 unspecified atom stereocenters. The van der Waals surface area contributed by atoms with Crippen LogP contribution in [0.3, 0.4) is 0 Å². The predicted octanol–water partition coefficient (Wildman–Crippen LogP) is 2.41. The van der Waals surface area contributed by atoms with Crippen molar-refractivity contribution in [3.05, 3.63) is 0 Å². The maximum atomic E-state index is 12.6. The van der Waals surface area contributed by atoms with Crippen molar-refractivity contribution in [2.75, 3.05) is 19.6 Å². The van der Waals surface area contributed by atoms with Gasteiger partial charge in [-0.2, -0.15) is 0 Å². The summed E-state index contributed by atoms with van der Waals surface area (Å²) >= 11 is 0. The fourth-order valence-corrected chi connectivity index (χ4v) is 4.48. The fourth-order valence-electron chi connectivity index (χ4n) is 4.48. The van der Waals surface area contributed by atoms with Gasteiger partial charge in [-0.3, -0.25) is 4.79 Å². The third-order valence-corrected chi connectivity index (χ3v) is 5.68. The number of hydrogen-bond donors (Lipinski definition) is 1. The molecule has 1 saturated carbocycles. The zero-order valence-corrected chi connectivity index (χ0v) is 12.2. The second-order valence-electron chi connectivity index (χ2n) is 6.93. The standard InChI is InChI=1S/C16H28N2O/c1-12-7-9-18(15-5-3-2-4-14(12)15)16(19)10-13-6-8-17-11-13/h12-15,17H,2-11H2,1H3. The Bertz CT molecular complexity index is 325. The summed E-state index contributed by atoms with van der Waals surface area (Å²) in [5.74, 6) is 2.64. The number of likely N-dealkylation sites (tertiary alicyclic amines) is 1. The lowest BCUT2D eigenvalue weighted by Gasteiger charge is -2.47. The van der Waals surface area contributed by atoms with E-state index in [-0.39, 0.29) is 0 Å². The molecule has 108 valence electrons. The van der Waals surface area contributed by atoms with Gasteiger partial charge in [0.2, 0.25) is 5.91 Å². The average molecular weight is 264 g/mol. The van der Waals surface area contributed by atoms with Gasteiger partial charge in [0.15, 0.2) is 0 Å². The Kier molecular flexibility index (Phi) is 4.11. The topological polar surface area (TPSA) is 32.3 Å². The largest absolute Gasteiger partial charge is 0.339 e. The zero-order valence-electron chi connectivity index (χ0n) is 12.2. The van der Waals surface area contributed by atoms with E-state index in [1.165, 1.54) is 38.5 Å². The second kappa shape index (κ2) is 5.82. The highest BCUT2D eigenvalue weighted by atomic mass is 16.2. The maximum Gasteiger partial charge on any atom is 0.223 e. The summed E-state index contributed by atoms with van der Waals surface area (Å²) in [6, 6.07) is 0.569. The lowest BCUT2D eigenvalue weighted by atomic mass is 9.72. The third kappa shape index (κ3) is 2.81. The normalized spacial score (nSPS) is 39.1. The number of fused-ring (bicyclic) bond motifs is 1. The molecule has 2 heterocycles. The summed E-state index contributed by atoms with van der Waals surface area (Å²) < 4.78 is 0. The van der Waals surface area contributed by atoms with Crippen molar-refractivity contribution in [3.63, 3.8) is 0 Å². The van der Waals surface area contributed by atoms with E-state index >= 15 is 0 Å². The van der Waals surface area contributed by atoms with Gasteiger partial charge in [0.25, 0.3) is 0 Å². The molecule has 3 heteroatoms. The van der Waals surface area contributed by atoms with E-state index in [0.717, 1.165) is 37.9 Å². The number of nitrogens with zero attached hydrogens (tertiary/aromatic N) is 1. The summed E-state index contributed by atoms with van der Waals surface area (Å²) in [5, 5.41) is 3.37. The van der Waals surface area contributed by atoms with Gasteiger partial charge in [0.05, 0.1) is 0 Å². The van der Waals surface area contributed by atoms with E-state index in [2.05, 4.69) is 17.1 Å². The van der Waals surface area contributed by atoms with Gasteiger partial charge < -0.3 is 10.2 Å². The van der Waals surface area contributed by atoms with E-state index in [9.17, 15) is 4.79 Å². The highest BCUT2D eigenvalue weighted by Gasteiger charge is 2.39. The molecule has 0 aromatic rings. The van der Waals surface area contributed by atoms with E-state index in [4.69, 9.17) is 0 Å². The molecule has 4 atom stereocenters. The van der Waals surface area contributed by atoms with Crippen LogP contribution >= 0.6 is 0 Å². The molecule has 0 bridgehead atoms. The minimum absolute atomic E-state index is 0.442. The van der Waals surface area contributed by atoms with Gasteiger partial charge in [0.1, 0.15) is 0 Å². The number of carbonyl (C=O) groups is 1. The summed E-state index contributed by atoms with van der Waals surface area (Å²) in [7, 11) is 0. The lowest BCUT2D eigenvalue weighted by Crippen LogP contribution is -2.52. The Morgan fingerprint density at radius 2 is 2.05 bits per heavy atom. The van der Waals surface area contributed by atoms with Crippen LogP contribution in [0.15, 0.2) is 0 Å². The van der Waals surface area contributed by atoms with Crippen molar-refractivity contribution in [2.24, 2.45) is 17.8 Å². The smallest absolute Gasteiger partial charge is 0.223 e. The van der Waals surface area contributed by atoms with E-state index in [1.54, 1.807) is 0 Å². The van der Waals surface area contributed by atoms with E-state index in [0.29, 0.717) is 17.9 Å². The molecule has 1 aliphatic carbocycles. The minimum atomic E-state index is 0.442. The third-order valence-electron chi connectivity index (χ3n) is 5.68. The van der Waals surface area contributed by atoms with Crippen LogP contribution in [0.1, 0.15) is 51.9 Å². The first-order chi connectivity index (χ1) is 9.25. The SMILES string of the molecule is CC1CCN(C(=O)CC2CCNC2)C2CCCCC12. The van der Waals surface area contributed by atoms with Gasteiger partial charge in [-0.05, 0) is 56.5 Å². The number of amides is 1. The van der Waals surface area contributed by atoms with Gasteiger partial charge >= 0.3 is 0 Å². The molecule has 3 fully saturated rings. The predicted molar refractivity (Wildman–Crippen MR) is 76.8 cm³/mol. The van der Waals surface area contributed by atoms with E-state index < -0.39 is 0 Å². The molecule has 3 nitrogen and oxygen atoms in total. The molecular weight excluding hydrogens is 236 g/mol. The van der Waals surface area contributed by atoms with Crippen LogP contribution in [0.4, 0.5) is 0 Å². The Morgan fingerprint density at radius 3 is 2.84 bits per heavy atom. The minimum Gasteiger partial charge on any atom is -0.339 e. The molecule has 3 aliphatic rings. The Hall–Kier alpha value is -0.570. The number of nitrogens with one attached hydrogen (secondary N) is 1. The van der Waals surface area contributed by atoms with Crippen molar-refractivity contribution in [3.8, 4) is 0 Å². The van der Waals surface area contributed by atoms with Gasteiger partial charge in [-0.1, -0.05) is 19.8 Å². The number of piperidine rings is 1. The molecule has 0 aromatic carbocycles. The number of carbonyl (C=O) groups excluding carboxylic acids is 1. The molecule has 0 aromatic heterocycles. The fraction of sp³-hybridized carbons (Fsp3) is 0.938. The first-order valence-corrected chi connectivity index (χ1v) is 8.26. The van der Waals surface area contributed by atoms with Crippen LogP contribution in [-0.4, -0.2) is 36.5 Å². The lowest BCUT2D eigenvalue weighted by molar-refractivity contribution is -0.139. The van der Waals surface area contributed by atoms with Crippen molar-refractivity contribution in [1.82, 2.24) is 10.2 Å². The van der Waals surface area contributed by atoms with Crippen molar-refractivity contribution in [1.29, 1.82) is 0 Å². The van der Waals surface area contributed by atoms with Gasteiger partial charge in [0, 0.05) is 19.0 Å². The number of hydrogen-bond acceptors (Lipinski definition) is 2. The van der Waals surface area contributed by atoms with Crippen LogP contribution in [-0.2, 0) is 4.79 Å². The average Bonchev–Trinajstić information content (AvgIpc) is 2.92. The monoisotopic (exact) mass is 264 g/mol. The summed E-state index contributed by atoms with van der Waals surface area (Å²) in [6.45, 7) is 5.55. The zero-order chi connectivity index (χ0) is 13.2. The highest BCUT2D eigenvalue weighted by molar-refractivity contribution is 5.77. The summed E-state index contributed by atoms with van der Waals surface area (Å²) in [4.78, 5) is 14.9. The van der Waals surface area contributed by atoms with Crippen LogP contribution in [0.5, 0.6) is 0 Å². The Labute approximate surface area is 117 Å². The molecule has 2 saturated heterocycles. The summed E-state index contributed by atoms with van der Waals surface area (Å²) in [5.41, 5.74) is 0. The molecule has 1 amide bonds.